The fourth-order valence-corrected chi connectivity index (χ4v) is 4.82. The average molecular weight is 550 g/mol. The second kappa shape index (κ2) is 10.0. The molecule has 1 N–H and O–H groups in total. The zero-order valence-corrected chi connectivity index (χ0v) is 20.6. The number of nitro groups is 1. The van der Waals surface area contributed by atoms with Gasteiger partial charge in [0.2, 0.25) is 6.54 Å². The van der Waals surface area contributed by atoms with Crippen LogP contribution in [0, 0.1) is 10.1 Å². The molecule has 0 aliphatic rings. The predicted molar refractivity (Wildman–Crippen MR) is 133 cm³/mol. The molecule has 1 atom stereocenters. The van der Waals surface area contributed by atoms with Crippen LogP contribution >= 0.6 is 39.1 Å². The van der Waals surface area contributed by atoms with Crippen LogP contribution in [0.4, 0.5) is 0 Å². The Morgan fingerprint density at radius 2 is 1.94 bits per heavy atom. The van der Waals surface area contributed by atoms with E-state index in [0.29, 0.717) is 26.0 Å². The molecule has 4 rings (SSSR count). The van der Waals surface area contributed by atoms with Gasteiger partial charge in [0, 0.05) is 37.6 Å². The summed E-state index contributed by atoms with van der Waals surface area (Å²) in [4.78, 5) is 14.4. The standard InChI is InChI=1S/C24H19BrCl2N2O4/c1-32-23-9-15(8-20(25)24(23)33-13-14-6-7-16(26)10-21(14)27)19(12-29(30)31)18-11-28-22-5-3-2-4-17(18)22/h2-11,19,28H,12-13H2,1H3/t19-/m0/s1. The van der Waals surface area contributed by atoms with Gasteiger partial charge in [-0.2, -0.15) is 0 Å². The average Bonchev–Trinajstić information content (AvgIpc) is 3.21. The first-order valence-corrected chi connectivity index (χ1v) is 11.5. The van der Waals surface area contributed by atoms with E-state index in [1.165, 1.54) is 7.11 Å². The van der Waals surface area contributed by atoms with E-state index in [9.17, 15) is 10.1 Å². The number of nitrogens with one attached hydrogen (secondary N) is 1. The number of hydrogen-bond acceptors (Lipinski definition) is 4. The quantitative estimate of drug-likeness (QED) is 0.186. The van der Waals surface area contributed by atoms with Crippen LogP contribution in [0.5, 0.6) is 11.5 Å². The molecule has 0 saturated heterocycles. The van der Waals surface area contributed by atoms with Crippen LogP contribution in [-0.2, 0) is 6.61 Å². The summed E-state index contributed by atoms with van der Waals surface area (Å²) in [5.74, 6) is 0.449. The predicted octanol–water partition coefficient (Wildman–Crippen LogP) is 7.23. The van der Waals surface area contributed by atoms with E-state index in [0.717, 1.165) is 27.6 Å². The first-order valence-electron chi connectivity index (χ1n) is 9.99. The maximum absolute atomic E-state index is 11.5. The van der Waals surface area contributed by atoms with E-state index >= 15 is 0 Å². The molecule has 33 heavy (non-hydrogen) atoms. The second-order valence-electron chi connectivity index (χ2n) is 7.42. The van der Waals surface area contributed by atoms with Crippen molar-refractivity contribution in [3.8, 4) is 11.5 Å². The molecule has 0 aliphatic carbocycles. The Labute approximate surface area is 208 Å². The molecular weight excluding hydrogens is 531 g/mol. The number of nitrogens with zero attached hydrogens (tertiary/aromatic N) is 1. The molecule has 3 aromatic carbocycles. The minimum absolute atomic E-state index is 0.199. The molecule has 0 bridgehead atoms. The normalized spacial score (nSPS) is 12.0. The van der Waals surface area contributed by atoms with Crippen molar-refractivity contribution in [2.75, 3.05) is 13.7 Å². The number of methoxy groups -OCH3 is 1. The highest BCUT2D eigenvalue weighted by Crippen LogP contribution is 2.41. The number of hydrogen-bond donors (Lipinski definition) is 1. The van der Waals surface area contributed by atoms with Gasteiger partial charge in [0.1, 0.15) is 6.61 Å². The van der Waals surface area contributed by atoms with Gasteiger partial charge in [-0.05, 0) is 57.4 Å². The van der Waals surface area contributed by atoms with Gasteiger partial charge in [-0.3, -0.25) is 10.1 Å². The monoisotopic (exact) mass is 548 g/mol. The molecule has 9 heteroatoms. The Kier molecular flexibility index (Phi) is 7.12. The molecule has 0 fully saturated rings. The lowest BCUT2D eigenvalue weighted by Gasteiger charge is -2.18. The number of rotatable bonds is 8. The largest absolute Gasteiger partial charge is 0.493 e. The molecule has 170 valence electrons. The summed E-state index contributed by atoms with van der Waals surface area (Å²) in [6.07, 6.45) is 1.83. The van der Waals surface area contributed by atoms with Crippen molar-refractivity contribution in [3.63, 3.8) is 0 Å². The van der Waals surface area contributed by atoms with Crippen LogP contribution in [-0.4, -0.2) is 23.6 Å². The highest BCUT2D eigenvalue weighted by molar-refractivity contribution is 9.10. The van der Waals surface area contributed by atoms with E-state index in [1.807, 2.05) is 36.5 Å². The van der Waals surface area contributed by atoms with Gasteiger partial charge in [-0.25, -0.2) is 0 Å². The van der Waals surface area contributed by atoms with Crippen molar-refractivity contribution >= 4 is 50.0 Å². The van der Waals surface area contributed by atoms with Crippen molar-refractivity contribution in [2.24, 2.45) is 0 Å². The SMILES string of the molecule is COc1cc([C@H](C[N+](=O)[O-])c2c[nH]c3ccccc23)cc(Br)c1OCc1ccc(Cl)cc1Cl. The third-order valence-corrected chi connectivity index (χ3v) is 6.55. The Hall–Kier alpha value is -2.74. The van der Waals surface area contributed by atoms with Gasteiger partial charge in [-0.1, -0.05) is 47.5 Å². The second-order valence-corrected chi connectivity index (χ2v) is 9.11. The van der Waals surface area contributed by atoms with Crippen LogP contribution in [0.25, 0.3) is 10.9 Å². The van der Waals surface area contributed by atoms with Gasteiger partial charge < -0.3 is 14.5 Å². The van der Waals surface area contributed by atoms with Crippen molar-refractivity contribution in [1.82, 2.24) is 4.98 Å². The number of halogens is 3. The molecule has 1 aromatic heterocycles. The van der Waals surface area contributed by atoms with Gasteiger partial charge >= 0.3 is 0 Å². The van der Waals surface area contributed by atoms with Gasteiger partial charge in [0.25, 0.3) is 0 Å². The van der Waals surface area contributed by atoms with Crippen molar-refractivity contribution in [2.45, 2.75) is 12.5 Å². The minimum Gasteiger partial charge on any atom is -0.493 e. The van der Waals surface area contributed by atoms with Crippen LogP contribution in [0.15, 0.2) is 65.3 Å². The molecule has 6 nitrogen and oxygen atoms in total. The van der Waals surface area contributed by atoms with Crippen LogP contribution < -0.4 is 9.47 Å². The number of benzene rings is 3. The van der Waals surface area contributed by atoms with Crippen molar-refractivity contribution in [1.29, 1.82) is 0 Å². The molecule has 0 amide bonds. The smallest absolute Gasteiger partial charge is 0.214 e. The summed E-state index contributed by atoms with van der Waals surface area (Å²) in [5, 5.41) is 13.5. The molecule has 4 aromatic rings. The highest BCUT2D eigenvalue weighted by Gasteiger charge is 2.26. The van der Waals surface area contributed by atoms with Crippen LogP contribution in [0.1, 0.15) is 22.6 Å². The van der Waals surface area contributed by atoms with E-state index in [-0.39, 0.29) is 18.1 Å². The summed E-state index contributed by atoms with van der Waals surface area (Å²) in [5.41, 5.74) is 3.27. The first kappa shape index (κ1) is 23.4. The van der Waals surface area contributed by atoms with Crippen LogP contribution in [0.3, 0.4) is 0 Å². The lowest BCUT2D eigenvalue weighted by Crippen LogP contribution is -2.14. The lowest BCUT2D eigenvalue weighted by atomic mass is 9.90. The Bertz CT molecular complexity index is 1330. The molecular formula is C24H19BrCl2N2O4. The van der Waals surface area contributed by atoms with E-state index < -0.39 is 5.92 Å². The topological polar surface area (TPSA) is 77.4 Å². The zero-order valence-electron chi connectivity index (χ0n) is 17.5. The lowest BCUT2D eigenvalue weighted by molar-refractivity contribution is -0.481. The maximum Gasteiger partial charge on any atom is 0.214 e. The number of aromatic nitrogens is 1. The molecule has 0 radical (unpaired) electrons. The number of fused-ring (bicyclic) bond motifs is 1. The Morgan fingerprint density at radius 3 is 2.67 bits per heavy atom. The summed E-state index contributed by atoms with van der Waals surface area (Å²) in [7, 11) is 1.53. The Morgan fingerprint density at radius 1 is 1.15 bits per heavy atom. The Balaban J connectivity index is 1.70. The molecule has 1 heterocycles. The van der Waals surface area contributed by atoms with Gasteiger partial charge in [0.05, 0.1) is 17.5 Å². The summed E-state index contributed by atoms with van der Waals surface area (Å²) in [6.45, 7) is -0.0664. The summed E-state index contributed by atoms with van der Waals surface area (Å²) < 4.78 is 12.2. The molecule has 0 spiro atoms. The third-order valence-electron chi connectivity index (χ3n) is 5.37. The van der Waals surface area contributed by atoms with Gasteiger partial charge in [0.15, 0.2) is 11.5 Å². The van der Waals surface area contributed by atoms with Crippen molar-refractivity contribution in [3.05, 3.63) is 102 Å². The maximum atomic E-state index is 11.5. The number of para-hydroxylation sites is 1. The van der Waals surface area contributed by atoms with E-state index in [2.05, 4.69) is 20.9 Å². The third kappa shape index (κ3) is 5.11. The highest BCUT2D eigenvalue weighted by atomic mass is 79.9. The minimum atomic E-state index is -0.485. The van der Waals surface area contributed by atoms with E-state index in [4.69, 9.17) is 32.7 Å². The summed E-state index contributed by atoms with van der Waals surface area (Å²) >= 11 is 15.8. The summed E-state index contributed by atoms with van der Waals surface area (Å²) in [6, 6.07) is 16.5. The fourth-order valence-electron chi connectivity index (χ4n) is 3.78. The fraction of sp³-hybridized carbons (Fsp3) is 0.167. The van der Waals surface area contributed by atoms with E-state index in [1.54, 1.807) is 24.3 Å². The molecule has 0 aliphatic heterocycles. The van der Waals surface area contributed by atoms with Crippen molar-refractivity contribution < 1.29 is 14.4 Å². The van der Waals surface area contributed by atoms with Crippen LogP contribution in [0.2, 0.25) is 10.0 Å². The number of aromatic amines is 1. The number of ether oxygens (including phenoxy) is 2. The first-order chi connectivity index (χ1) is 15.9. The molecule has 0 saturated carbocycles. The number of H-pyrrole nitrogens is 1. The van der Waals surface area contributed by atoms with Gasteiger partial charge in [-0.15, -0.1) is 0 Å². The molecule has 0 unspecified atom stereocenters. The zero-order chi connectivity index (χ0) is 23.5.